The SMILES string of the molecule is CC/C=C(\C)C(=O)NC(CC(C)C)C(=O)OC. The molecule has 0 spiro atoms. The summed E-state index contributed by atoms with van der Waals surface area (Å²) in [5.74, 6) is -0.283. The van der Waals surface area contributed by atoms with Crippen molar-refractivity contribution in [3.05, 3.63) is 11.6 Å². The van der Waals surface area contributed by atoms with Crippen LogP contribution in [0.25, 0.3) is 0 Å². The Morgan fingerprint density at radius 3 is 2.35 bits per heavy atom. The summed E-state index contributed by atoms with van der Waals surface area (Å²) < 4.78 is 4.68. The minimum Gasteiger partial charge on any atom is -0.467 e. The lowest BCUT2D eigenvalue weighted by Gasteiger charge is -2.18. The zero-order chi connectivity index (χ0) is 13.4. The maximum atomic E-state index is 11.8. The third-order valence-electron chi connectivity index (χ3n) is 2.37. The molecule has 0 saturated heterocycles. The number of amides is 1. The van der Waals surface area contributed by atoms with Crippen LogP contribution in [0, 0.1) is 5.92 Å². The molecule has 0 fully saturated rings. The molecule has 4 heteroatoms. The molecule has 1 amide bonds. The molecule has 1 unspecified atom stereocenters. The van der Waals surface area contributed by atoms with Crippen molar-refractivity contribution < 1.29 is 14.3 Å². The molecule has 1 N–H and O–H groups in total. The molecule has 0 radical (unpaired) electrons. The van der Waals surface area contributed by atoms with Gasteiger partial charge in [-0.05, 0) is 25.7 Å². The van der Waals surface area contributed by atoms with E-state index in [-0.39, 0.29) is 5.91 Å². The van der Waals surface area contributed by atoms with E-state index in [0.29, 0.717) is 17.9 Å². The van der Waals surface area contributed by atoms with Crippen molar-refractivity contribution in [3.8, 4) is 0 Å². The lowest BCUT2D eigenvalue weighted by molar-refractivity contribution is -0.145. The summed E-state index contributed by atoms with van der Waals surface area (Å²) in [7, 11) is 1.33. The Morgan fingerprint density at radius 2 is 1.94 bits per heavy atom. The Balaban J connectivity index is 4.58. The molecular weight excluding hydrogens is 218 g/mol. The number of carbonyl (C=O) groups excluding carboxylic acids is 2. The Hall–Kier alpha value is -1.32. The maximum Gasteiger partial charge on any atom is 0.328 e. The van der Waals surface area contributed by atoms with Crippen LogP contribution in [-0.4, -0.2) is 25.0 Å². The minimum atomic E-state index is -0.562. The van der Waals surface area contributed by atoms with Gasteiger partial charge in [-0.3, -0.25) is 4.79 Å². The van der Waals surface area contributed by atoms with E-state index < -0.39 is 12.0 Å². The quantitative estimate of drug-likeness (QED) is 0.572. The molecular formula is C13H23NO3. The highest BCUT2D eigenvalue weighted by molar-refractivity contribution is 5.95. The van der Waals surface area contributed by atoms with Gasteiger partial charge in [0.15, 0.2) is 0 Å². The normalized spacial score (nSPS) is 13.4. The predicted octanol–water partition coefficient (Wildman–Crippen LogP) is 2.05. The van der Waals surface area contributed by atoms with E-state index in [2.05, 4.69) is 10.1 Å². The van der Waals surface area contributed by atoms with Crippen LogP contribution in [-0.2, 0) is 14.3 Å². The molecule has 0 aromatic heterocycles. The van der Waals surface area contributed by atoms with Gasteiger partial charge in [0.05, 0.1) is 7.11 Å². The number of ether oxygens (including phenoxy) is 1. The number of allylic oxidation sites excluding steroid dienone is 1. The minimum absolute atomic E-state index is 0.206. The first-order valence-corrected chi connectivity index (χ1v) is 5.97. The van der Waals surface area contributed by atoms with Crippen LogP contribution >= 0.6 is 0 Å². The van der Waals surface area contributed by atoms with E-state index in [0.717, 1.165) is 6.42 Å². The van der Waals surface area contributed by atoms with Gasteiger partial charge >= 0.3 is 5.97 Å². The summed E-state index contributed by atoms with van der Waals surface area (Å²) >= 11 is 0. The summed E-state index contributed by atoms with van der Waals surface area (Å²) in [5.41, 5.74) is 0.630. The predicted molar refractivity (Wildman–Crippen MR) is 67.4 cm³/mol. The zero-order valence-corrected chi connectivity index (χ0v) is 11.4. The lowest BCUT2D eigenvalue weighted by atomic mass is 10.0. The zero-order valence-electron chi connectivity index (χ0n) is 11.4. The van der Waals surface area contributed by atoms with Crippen LogP contribution in [0.5, 0.6) is 0 Å². The van der Waals surface area contributed by atoms with Gasteiger partial charge in [-0.25, -0.2) is 4.79 Å². The standard InChI is InChI=1S/C13H23NO3/c1-6-7-10(4)12(15)14-11(8-9(2)3)13(16)17-5/h7,9,11H,6,8H2,1-5H3,(H,14,15)/b10-7+. The summed E-state index contributed by atoms with van der Waals surface area (Å²) in [6.07, 6.45) is 3.21. The van der Waals surface area contributed by atoms with Gasteiger partial charge in [0.2, 0.25) is 5.91 Å². The number of hydrogen-bond donors (Lipinski definition) is 1. The Kier molecular flexibility index (Phi) is 7.26. The van der Waals surface area contributed by atoms with Crippen molar-refractivity contribution in [2.45, 2.75) is 46.6 Å². The van der Waals surface area contributed by atoms with Crippen molar-refractivity contribution in [2.75, 3.05) is 7.11 Å². The Morgan fingerprint density at radius 1 is 1.35 bits per heavy atom. The largest absolute Gasteiger partial charge is 0.467 e. The maximum absolute atomic E-state index is 11.8. The summed E-state index contributed by atoms with van der Waals surface area (Å²) in [5, 5.41) is 2.70. The number of carbonyl (C=O) groups is 2. The highest BCUT2D eigenvalue weighted by Crippen LogP contribution is 2.07. The van der Waals surface area contributed by atoms with E-state index >= 15 is 0 Å². The van der Waals surface area contributed by atoms with Gasteiger partial charge in [-0.15, -0.1) is 0 Å². The summed E-state index contributed by atoms with van der Waals surface area (Å²) in [6, 6.07) is -0.562. The number of rotatable bonds is 6. The molecule has 4 nitrogen and oxygen atoms in total. The summed E-state index contributed by atoms with van der Waals surface area (Å²) in [6.45, 7) is 7.69. The van der Waals surface area contributed by atoms with Gasteiger partial charge < -0.3 is 10.1 Å². The van der Waals surface area contributed by atoms with Crippen LogP contribution in [0.2, 0.25) is 0 Å². The molecule has 0 saturated carbocycles. The number of esters is 1. The third-order valence-corrected chi connectivity index (χ3v) is 2.37. The Bertz CT molecular complexity index is 295. The molecule has 98 valence electrons. The smallest absolute Gasteiger partial charge is 0.328 e. The molecule has 0 aliphatic rings. The van der Waals surface area contributed by atoms with Crippen molar-refractivity contribution in [3.63, 3.8) is 0 Å². The van der Waals surface area contributed by atoms with Crippen LogP contribution in [0.4, 0.5) is 0 Å². The summed E-state index contributed by atoms with van der Waals surface area (Å²) in [4.78, 5) is 23.3. The fourth-order valence-electron chi connectivity index (χ4n) is 1.50. The molecule has 0 aromatic rings. The Labute approximate surface area is 103 Å². The second-order valence-corrected chi connectivity index (χ2v) is 4.47. The molecule has 0 bridgehead atoms. The van der Waals surface area contributed by atoms with Crippen molar-refractivity contribution in [2.24, 2.45) is 5.92 Å². The first-order valence-electron chi connectivity index (χ1n) is 5.97. The fourth-order valence-corrected chi connectivity index (χ4v) is 1.50. The van der Waals surface area contributed by atoms with Gasteiger partial charge in [0.25, 0.3) is 0 Å². The van der Waals surface area contributed by atoms with E-state index in [1.54, 1.807) is 6.92 Å². The van der Waals surface area contributed by atoms with Crippen molar-refractivity contribution >= 4 is 11.9 Å². The molecule has 0 heterocycles. The second kappa shape index (κ2) is 7.87. The van der Waals surface area contributed by atoms with Crippen LogP contribution < -0.4 is 5.32 Å². The average Bonchev–Trinajstić information content (AvgIpc) is 2.26. The molecule has 17 heavy (non-hydrogen) atoms. The van der Waals surface area contributed by atoms with Crippen molar-refractivity contribution in [1.82, 2.24) is 5.32 Å². The van der Waals surface area contributed by atoms with Crippen LogP contribution in [0.3, 0.4) is 0 Å². The lowest BCUT2D eigenvalue weighted by Crippen LogP contribution is -2.42. The van der Waals surface area contributed by atoms with Gasteiger partial charge in [-0.1, -0.05) is 26.8 Å². The first-order chi connectivity index (χ1) is 7.92. The number of nitrogens with one attached hydrogen (secondary N) is 1. The average molecular weight is 241 g/mol. The molecule has 0 aromatic carbocycles. The van der Waals surface area contributed by atoms with E-state index in [1.807, 2.05) is 26.8 Å². The van der Waals surface area contributed by atoms with Crippen molar-refractivity contribution in [1.29, 1.82) is 0 Å². The third kappa shape index (κ3) is 6.09. The highest BCUT2D eigenvalue weighted by atomic mass is 16.5. The molecule has 1 atom stereocenters. The molecule has 0 rings (SSSR count). The van der Waals surface area contributed by atoms with E-state index in [9.17, 15) is 9.59 Å². The number of methoxy groups -OCH3 is 1. The van der Waals surface area contributed by atoms with Crippen LogP contribution in [0.1, 0.15) is 40.5 Å². The molecule has 0 aliphatic heterocycles. The second-order valence-electron chi connectivity index (χ2n) is 4.47. The van der Waals surface area contributed by atoms with Gasteiger partial charge in [0.1, 0.15) is 6.04 Å². The van der Waals surface area contributed by atoms with E-state index in [4.69, 9.17) is 0 Å². The molecule has 0 aliphatic carbocycles. The van der Waals surface area contributed by atoms with Gasteiger partial charge in [-0.2, -0.15) is 0 Å². The first kappa shape index (κ1) is 15.7. The fraction of sp³-hybridized carbons (Fsp3) is 0.692. The number of hydrogen-bond acceptors (Lipinski definition) is 3. The monoisotopic (exact) mass is 241 g/mol. The van der Waals surface area contributed by atoms with E-state index in [1.165, 1.54) is 7.11 Å². The van der Waals surface area contributed by atoms with Gasteiger partial charge in [0, 0.05) is 5.57 Å². The highest BCUT2D eigenvalue weighted by Gasteiger charge is 2.22. The topological polar surface area (TPSA) is 55.4 Å². The van der Waals surface area contributed by atoms with Crippen LogP contribution in [0.15, 0.2) is 11.6 Å².